The Hall–Kier alpha value is -1.27. The van der Waals surface area contributed by atoms with E-state index in [2.05, 4.69) is 24.6 Å². The highest BCUT2D eigenvalue weighted by atomic mass is 28.3. The molecule has 0 amide bonds. The van der Waals surface area contributed by atoms with Crippen LogP contribution >= 0.6 is 0 Å². The van der Waals surface area contributed by atoms with Gasteiger partial charge in [-0.25, -0.2) is 13.8 Å². The van der Waals surface area contributed by atoms with E-state index in [0.29, 0.717) is 24.4 Å². The number of pyridine rings is 1. The van der Waals surface area contributed by atoms with Gasteiger partial charge in [0.05, 0.1) is 0 Å². The van der Waals surface area contributed by atoms with Gasteiger partial charge < -0.3 is 9.30 Å². The quantitative estimate of drug-likeness (QED) is 0.587. The van der Waals surface area contributed by atoms with Gasteiger partial charge in [0.15, 0.2) is 0 Å². The van der Waals surface area contributed by atoms with Crippen molar-refractivity contribution in [2.75, 3.05) is 6.61 Å². The molecular weight excluding hydrogens is 278 g/mol. The highest BCUT2D eigenvalue weighted by molar-refractivity contribution is 6.76. The summed E-state index contributed by atoms with van der Waals surface area (Å²) in [6, 6.07) is 4.12. The Morgan fingerprint density at radius 2 is 2.05 bits per heavy atom. The van der Waals surface area contributed by atoms with E-state index in [9.17, 15) is 8.78 Å². The molecule has 2 rings (SSSR count). The average molecular weight is 298 g/mol. The number of fused-ring (bicyclic) bond motifs is 1. The summed E-state index contributed by atoms with van der Waals surface area (Å²) in [7, 11) is -1.11. The number of aromatic nitrogens is 2. The molecule has 6 heteroatoms. The van der Waals surface area contributed by atoms with Crippen LogP contribution in [0.4, 0.5) is 8.78 Å². The number of rotatable bonds is 6. The van der Waals surface area contributed by atoms with Crippen molar-refractivity contribution in [1.82, 2.24) is 9.55 Å². The van der Waals surface area contributed by atoms with Crippen LogP contribution in [0, 0.1) is 0 Å². The molecule has 0 aliphatic carbocycles. The first-order valence-electron chi connectivity index (χ1n) is 6.68. The third-order valence-electron chi connectivity index (χ3n) is 3.16. The minimum atomic E-state index is -2.48. The molecule has 0 atom stereocenters. The normalized spacial score (nSPS) is 12.5. The summed E-state index contributed by atoms with van der Waals surface area (Å²) in [5, 5.41) is 0.497. The van der Waals surface area contributed by atoms with Crippen LogP contribution in [0.3, 0.4) is 0 Å². The lowest BCUT2D eigenvalue weighted by Gasteiger charge is -2.15. The molecule has 0 fully saturated rings. The zero-order valence-corrected chi connectivity index (χ0v) is 13.1. The SMILES string of the molecule is C[Si](C)(C)CCOCn1ccc2c(C(F)F)ccnc21. The molecule has 110 valence electrons. The van der Waals surface area contributed by atoms with Crippen molar-refractivity contribution in [2.45, 2.75) is 38.8 Å². The van der Waals surface area contributed by atoms with Crippen molar-refractivity contribution in [3.8, 4) is 0 Å². The highest BCUT2D eigenvalue weighted by Crippen LogP contribution is 2.27. The van der Waals surface area contributed by atoms with Gasteiger partial charge in [0.2, 0.25) is 0 Å². The van der Waals surface area contributed by atoms with Gasteiger partial charge in [-0.15, -0.1) is 0 Å². The van der Waals surface area contributed by atoms with Crippen LogP contribution in [0.15, 0.2) is 24.5 Å². The number of halogens is 2. The van der Waals surface area contributed by atoms with Crippen LogP contribution in [0.5, 0.6) is 0 Å². The van der Waals surface area contributed by atoms with E-state index in [4.69, 9.17) is 4.74 Å². The van der Waals surface area contributed by atoms with Crippen molar-refractivity contribution >= 4 is 19.1 Å². The van der Waals surface area contributed by atoms with Crippen molar-refractivity contribution in [1.29, 1.82) is 0 Å². The molecule has 2 aromatic heterocycles. The third kappa shape index (κ3) is 3.64. The molecule has 0 aliphatic rings. The molecular formula is C14H20F2N2OSi. The monoisotopic (exact) mass is 298 g/mol. The van der Waals surface area contributed by atoms with E-state index in [1.54, 1.807) is 16.8 Å². The van der Waals surface area contributed by atoms with Crippen molar-refractivity contribution in [3.05, 3.63) is 30.1 Å². The molecule has 0 saturated carbocycles. The molecule has 0 aliphatic heterocycles. The lowest BCUT2D eigenvalue weighted by atomic mass is 10.2. The fourth-order valence-electron chi connectivity index (χ4n) is 1.95. The summed E-state index contributed by atoms with van der Waals surface area (Å²) in [5.41, 5.74) is 0.576. The van der Waals surface area contributed by atoms with E-state index in [1.807, 2.05) is 0 Å². The minimum Gasteiger partial charge on any atom is -0.361 e. The van der Waals surface area contributed by atoms with Gasteiger partial charge in [0, 0.05) is 38.0 Å². The second-order valence-corrected chi connectivity index (χ2v) is 11.7. The maximum absolute atomic E-state index is 12.9. The maximum atomic E-state index is 12.9. The Kier molecular flexibility index (Phi) is 4.54. The Bertz CT molecular complexity index is 578. The van der Waals surface area contributed by atoms with Gasteiger partial charge in [-0.05, 0) is 18.2 Å². The molecule has 0 N–H and O–H groups in total. The van der Waals surface area contributed by atoms with E-state index in [-0.39, 0.29) is 5.56 Å². The lowest BCUT2D eigenvalue weighted by Crippen LogP contribution is -2.22. The highest BCUT2D eigenvalue weighted by Gasteiger charge is 2.15. The van der Waals surface area contributed by atoms with Gasteiger partial charge in [0.1, 0.15) is 12.4 Å². The number of nitrogens with zero attached hydrogens (tertiary/aromatic N) is 2. The molecule has 0 radical (unpaired) electrons. The Morgan fingerprint density at radius 3 is 2.70 bits per heavy atom. The second-order valence-electron chi connectivity index (χ2n) is 6.07. The van der Waals surface area contributed by atoms with Gasteiger partial charge in [-0.1, -0.05) is 19.6 Å². The Labute approximate surface area is 118 Å². The molecule has 2 aromatic rings. The topological polar surface area (TPSA) is 27.1 Å². The van der Waals surface area contributed by atoms with E-state index >= 15 is 0 Å². The lowest BCUT2D eigenvalue weighted by molar-refractivity contribution is 0.0898. The number of hydrogen-bond acceptors (Lipinski definition) is 2. The fourth-order valence-corrected chi connectivity index (χ4v) is 2.70. The summed E-state index contributed by atoms with van der Waals surface area (Å²) in [4.78, 5) is 4.17. The predicted molar refractivity (Wildman–Crippen MR) is 78.8 cm³/mol. The van der Waals surface area contributed by atoms with Crippen molar-refractivity contribution in [3.63, 3.8) is 0 Å². The van der Waals surface area contributed by atoms with Crippen LogP contribution in [0.2, 0.25) is 25.7 Å². The van der Waals surface area contributed by atoms with E-state index in [1.165, 1.54) is 12.3 Å². The van der Waals surface area contributed by atoms with Gasteiger partial charge in [0.25, 0.3) is 6.43 Å². The van der Waals surface area contributed by atoms with Gasteiger partial charge >= 0.3 is 0 Å². The van der Waals surface area contributed by atoms with Gasteiger partial charge in [-0.3, -0.25) is 0 Å². The second kappa shape index (κ2) is 6.01. The summed E-state index contributed by atoms with van der Waals surface area (Å²) < 4.78 is 33.2. The Balaban J connectivity index is 2.07. The van der Waals surface area contributed by atoms with Crippen LogP contribution in [0.25, 0.3) is 11.0 Å². The average Bonchev–Trinajstić information content (AvgIpc) is 2.76. The van der Waals surface area contributed by atoms with Crippen LogP contribution in [-0.4, -0.2) is 24.2 Å². The number of hydrogen-bond donors (Lipinski definition) is 0. The van der Waals surface area contributed by atoms with Gasteiger partial charge in [-0.2, -0.15) is 0 Å². The molecule has 0 bridgehead atoms. The van der Waals surface area contributed by atoms with Crippen LogP contribution in [-0.2, 0) is 11.5 Å². The Morgan fingerprint density at radius 1 is 1.30 bits per heavy atom. The molecule has 20 heavy (non-hydrogen) atoms. The smallest absolute Gasteiger partial charge is 0.264 e. The van der Waals surface area contributed by atoms with E-state index in [0.717, 1.165) is 6.04 Å². The summed E-state index contributed by atoms with van der Waals surface area (Å²) in [5.74, 6) is 0. The first-order chi connectivity index (χ1) is 9.38. The first-order valence-corrected chi connectivity index (χ1v) is 10.4. The maximum Gasteiger partial charge on any atom is 0.264 e. The largest absolute Gasteiger partial charge is 0.361 e. The van der Waals surface area contributed by atoms with Crippen LogP contribution < -0.4 is 0 Å². The van der Waals surface area contributed by atoms with E-state index < -0.39 is 14.5 Å². The molecule has 3 nitrogen and oxygen atoms in total. The first kappa shape index (κ1) is 15.1. The summed E-state index contributed by atoms with van der Waals surface area (Å²) >= 11 is 0. The van der Waals surface area contributed by atoms with Crippen molar-refractivity contribution < 1.29 is 13.5 Å². The zero-order chi connectivity index (χ0) is 14.8. The third-order valence-corrected chi connectivity index (χ3v) is 4.86. The predicted octanol–water partition coefficient (Wildman–Crippen LogP) is 4.29. The zero-order valence-electron chi connectivity index (χ0n) is 12.1. The fraction of sp³-hybridized carbons (Fsp3) is 0.500. The van der Waals surface area contributed by atoms with Crippen molar-refractivity contribution in [2.24, 2.45) is 0 Å². The minimum absolute atomic E-state index is 0.0239. The molecule has 0 saturated heterocycles. The van der Waals surface area contributed by atoms with Crippen LogP contribution in [0.1, 0.15) is 12.0 Å². The molecule has 0 unspecified atom stereocenters. The molecule has 0 spiro atoms. The summed E-state index contributed by atoms with van der Waals surface area (Å²) in [6.07, 6.45) is 0.685. The summed E-state index contributed by atoms with van der Waals surface area (Å²) in [6.45, 7) is 7.92. The number of alkyl halides is 2. The molecule has 2 heterocycles. The standard InChI is InChI=1S/C14H20F2N2OSi/c1-20(2,3)9-8-19-10-18-7-5-12-11(13(15)16)4-6-17-14(12)18/h4-7,13H,8-10H2,1-3H3. The number of ether oxygens (including phenoxy) is 1. The molecule has 0 aromatic carbocycles.